The number of nitrogens with zero attached hydrogens (tertiary/aromatic N) is 3. The number of rotatable bonds is 6. The number of hydrogen-bond acceptors (Lipinski definition) is 5. The van der Waals surface area contributed by atoms with E-state index in [9.17, 15) is 14.4 Å². The maximum atomic E-state index is 12.3. The van der Waals surface area contributed by atoms with Gasteiger partial charge in [0.05, 0.1) is 6.26 Å². The molecule has 1 aliphatic rings. The molecule has 1 saturated heterocycles. The van der Waals surface area contributed by atoms with Gasteiger partial charge in [-0.1, -0.05) is 6.07 Å². The van der Waals surface area contributed by atoms with E-state index in [1.807, 2.05) is 0 Å². The first-order valence-electron chi connectivity index (χ1n) is 9.64. The fourth-order valence-corrected chi connectivity index (χ4v) is 3.40. The molecule has 1 aliphatic heterocycles. The number of anilines is 2. The summed E-state index contributed by atoms with van der Waals surface area (Å²) in [6.45, 7) is 0.780. The highest BCUT2D eigenvalue weighted by molar-refractivity contribution is 6.39. The summed E-state index contributed by atoms with van der Waals surface area (Å²) in [5.74, 6) is -0.902. The maximum Gasteiger partial charge on any atom is 0.313 e. The smallest absolute Gasteiger partial charge is 0.313 e. The largest absolute Gasteiger partial charge is 0.467 e. The monoisotopic (exact) mass is 407 g/mol. The molecule has 30 heavy (non-hydrogen) atoms. The van der Waals surface area contributed by atoms with Crippen LogP contribution in [0.25, 0.3) is 0 Å². The third kappa shape index (κ3) is 4.24. The molecule has 1 atom stereocenters. The fraction of sp³-hybridized carbons (Fsp3) is 0.238. The Bertz CT molecular complexity index is 995. The van der Waals surface area contributed by atoms with Crippen LogP contribution in [0.2, 0.25) is 0 Å². The van der Waals surface area contributed by atoms with E-state index < -0.39 is 11.8 Å². The molecule has 3 heterocycles. The Morgan fingerprint density at radius 1 is 1.17 bits per heavy atom. The molecular formula is C21H21N5O4. The average Bonchev–Trinajstić information content (AvgIpc) is 3.51. The molecule has 9 nitrogen and oxygen atoms in total. The van der Waals surface area contributed by atoms with E-state index in [0.29, 0.717) is 30.1 Å². The lowest BCUT2D eigenvalue weighted by molar-refractivity contribution is -0.136. The second-order valence-corrected chi connectivity index (χ2v) is 6.88. The van der Waals surface area contributed by atoms with Gasteiger partial charge in [0.1, 0.15) is 11.8 Å². The van der Waals surface area contributed by atoms with E-state index in [1.54, 1.807) is 70.7 Å². The number of carbonyl (C=O) groups excluding carboxylic acids is 3. The first kappa shape index (κ1) is 19.4. The summed E-state index contributed by atoms with van der Waals surface area (Å²) >= 11 is 0. The normalized spacial score (nSPS) is 14.5. The third-order valence-corrected chi connectivity index (χ3v) is 4.87. The van der Waals surface area contributed by atoms with E-state index in [-0.39, 0.29) is 18.5 Å². The molecule has 0 aliphatic carbocycles. The van der Waals surface area contributed by atoms with Gasteiger partial charge in [0.25, 0.3) is 0 Å². The van der Waals surface area contributed by atoms with Crippen LogP contribution in [0.3, 0.4) is 0 Å². The third-order valence-electron chi connectivity index (χ3n) is 4.87. The number of nitrogens with one attached hydrogen (secondary N) is 2. The predicted molar refractivity (Wildman–Crippen MR) is 109 cm³/mol. The van der Waals surface area contributed by atoms with Crippen LogP contribution in [-0.2, 0) is 14.4 Å². The van der Waals surface area contributed by atoms with Crippen molar-refractivity contribution >= 4 is 29.1 Å². The molecular weight excluding hydrogens is 386 g/mol. The van der Waals surface area contributed by atoms with Crippen LogP contribution >= 0.6 is 0 Å². The van der Waals surface area contributed by atoms with Gasteiger partial charge in [0.15, 0.2) is 0 Å². The van der Waals surface area contributed by atoms with Gasteiger partial charge < -0.3 is 20.0 Å². The average molecular weight is 407 g/mol. The molecule has 0 radical (unpaired) electrons. The van der Waals surface area contributed by atoms with Crippen LogP contribution in [0, 0.1) is 0 Å². The molecule has 3 aromatic rings. The minimum atomic E-state index is -0.793. The highest BCUT2D eigenvalue weighted by atomic mass is 16.3. The number of hydrogen-bond donors (Lipinski definition) is 2. The zero-order valence-corrected chi connectivity index (χ0v) is 16.2. The van der Waals surface area contributed by atoms with Gasteiger partial charge in [0, 0.05) is 43.3 Å². The maximum absolute atomic E-state index is 12.3. The topological polar surface area (TPSA) is 109 Å². The predicted octanol–water partition coefficient (Wildman–Crippen LogP) is 1.95. The summed E-state index contributed by atoms with van der Waals surface area (Å²) in [5.41, 5.74) is 1.15. The molecule has 2 N–H and O–H groups in total. The molecule has 3 amide bonds. The van der Waals surface area contributed by atoms with Crippen molar-refractivity contribution < 1.29 is 18.8 Å². The Morgan fingerprint density at radius 2 is 2.07 bits per heavy atom. The molecule has 0 spiro atoms. The standard InChI is InChI=1S/C21H21N5O4/c27-19-8-2-10-25(19)16-6-1-5-15(13-16)24-21(29)20(28)22-14-17(18-7-3-12-30-18)26-11-4-9-23-26/h1,3-7,9,11-13,17H,2,8,10,14H2,(H,22,28)(H,24,29). The Morgan fingerprint density at radius 3 is 2.77 bits per heavy atom. The van der Waals surface area contributed by atoms with Gasteiger partial charge >= 0.3 is 11.8 Å². The van der Waals surface area contributed by atoms with Gasteiger partial charge in [-0.25, -0.2) is 0 Å². The summed E-state index contributed by atoms with van der Waals surface area (Å²) < 4.78 is 7.08. The van der Waals surface area contributed by atoms with Crippen molar-refractivity contribution in [3.05, 3.63) is 66.9 Å². The lowest BCUT2D eigenvalue weighted by atomic mass is 10.2. The van der Waals surface area contributed by atoms with Crippen molar-refractivity contribution in [1.82, 2.24) is 15.1 Å². The summed E-state index contributed by atoms with van der Waals surface area (Å²) in [4.78, 5) is 38.3. The highest BCUT2D eigenvalue weighted by Crippen LogP contribution is 2.24. The Balaban J connectivity index is 1.38. The minimum absolute atomic E-state index is 0.0545. The zero-order valence-electron chi connectivity index (χ0n) is 16.2. The number of furan rings is 1. The Labute approximate surface area is 172 Å². The first-order chi connectivity index (χ1) is 14.6. The van der Waals surface area contributed by atoms with Crippen molar-refractivity contribution in [2.24, 2.45) is 0 Å². The molecule has 1 unspecified atom stereocenters. The minimum Gasteiger partial charge on any atom is -0.467 e. The Kier molecular flexibility index (Phi) is 5.60. The molecule has 0 saturated carbocycles. The van der Waals surface area contributed by atoms with Crippen LogP contribution < -0.4 is 15.5 Å². The Hall–Kier alpha value is -3.88. The molecule has 4 rings (SSSR count). The van der Waals surface area contributed by atoms with Crippen LogP contribution in [0.4, 0.5) is 11.4 Å². The van der Waals surface area contributed by atoms with Crippen LogP contribution in [0.15, 0.2) is 65.5 Å². The summed E-state index contributed by atoms with van der Waals surface area (Å²) in [6, 6.07) is 11.8. The SMILES string of the molecule is O=C(NCC(c1ccco1)n1cccn1)C(=O)Nc1cccc(N2CCCC2=O)c1. The van der Waals surface area contributed by atoms with Crippen LogP contribution in [0.5, 0.6) is 0 Å². The highest BCUT2D eigenvalue weighted by Gasteiger charge is 2.23. The first-order valence-corrected chi connectivity index (χ1v) is 9.64. The van der Waals surface area contributed by atoms with Crippen LogP contribution in [-0.4, -0.2) is 40.6 Å². The number of carbonyl (C=O) groups is 3. The van der Waals surface area contributed by atoms with E-state index in [0.717, 1.165) is 6.42 Å². The van der Waals surface area contributed by atoms with Gasteiger partial charge in [-0.3, -0.25) is 19.1 Å². The van der Waals surface area contributed by atoms with Gasteiger partial charge in [-0.2, -0.15) is 5.10 Å². The lowest BCUT2D eigenvalue weighted by Crippen LogP contribution is -2.39. The second kappa shape index (κ2) is 8.64. The van der Waals surface area contributed by atoms with Crippen molar-refractivity contribution in [1.29, 1.82) is 0 Å². The van der Waals surface area contributed by atoms with Crippen molar-refractivity contribution in [3.8, 4) is 0 Å². The summed E-state index contributed by atoms with van der Waals surface area (Å²) in [7, 11) is 0. The van der Waals surface area contributed by atoms with Crippen LogP contribution in [0.1, 0.15) is 24.6 Å². The quantitative estimate of drug-likeness (QED) is 0.607. The molecule has 154 valence electrons. The molecule has 1 aromatic carbocycles. The number of amides is 3. The molecule has 2 aromatic heterocycles. The van der Waals surface area contributed by atoms with Crippen molar-refractivity contribution in [2.45, 2.75) is 18.9 Å². The van der Waals surface area contributed by atoms with E-state index in [4.69, 9.17) is 4.42 Å². The second-order valence-electron chi connectivity index (χ2n) is 6.88. The van der Waals surface area contributed by atoms with Gasteiger partial charge in [-0.15, -0.1) is 0 Å². The van der Waals surface area contributed by atoms with E-state index in [1.165, 1.54) is 0 Å². The molecule has 1 fully saturated rings. The molecule has 9 heteroatoms. The van der Waals surface area contributed by atoms with Gasteiger partial charge in [0.2, 0.25) is 5.91 Å². The molecule has 0 bridgehead atoms. The van der Waals surface area contributed by atoms with Crippen molar-refractivity contribution in [2.75, 3.05) is 23.3 Å². The van der Waals surface area contributed by atoms with Crippen molar-refractivity contribution in [3.63, 3.8) is 0 Å². The number of aromatic nitrogens is 2. The van der Waals surface area contributed by atoms with E-state index in [2.05, 4.69) is 15.7 Å². The van der Waals surface area contributed by atoms with E-state index >= 15 is 0 Å². The van der Waals surface area contributed by atoms with Gasteiger partial charge in [-0.05, 0) is 42.8 Å². The summed E-state index contributed by atoms with van der Waals surface area (Å²) in [6.07, 6.45) is 6.25. The fourth-order valence-electron chi connectivity index (χ4n) is 3.40. The summed E-state index contributed by atoms with van der Waals surface area (Å²) in [5, 5.41) is 9.39. The zero-order chi connectivity index (χ0) is 20.9. The lowest BCUT2D eigenvalue weighted by Gasteiger charge is -2.17. The number of benzene rings is 1.